The quantitative estimate of drug-likeness (QED) is 0.709. The maximum absolute atomic E-state index is 11.7. The van der Waals surface area contributed by atoms with Gasteiger partial charge in [0.25, 0.3) is 0 Å². The maximum atomic E-state index is 11.7. The highest BCUT2D eigenvalue weighted by Gasteiger charge is 2.22. The van der Waals surface area contributed by atoms with Gasteiger partial charge in [-0.05, 0) is 20.8 Å². The van der Waals surface area contributed by atoms with Gasteiger partial charge in [0.05, 0.1) is 19.3 Å². The lowest BCUT2D eigenvalue weighted by Gasteiger charge is -2.31. The average Bonchev–Trinajstić information content (AvgIpc) is 2.17. The molecule has 0 aliphatic carbocycles. The summed E-state index contributed by atoms with van der Waals surface area (Å²) in [6, 6.07) is 0.173. The van der Waals surface area contributed by atoms with Gasteiger partial charge in [0.15, 0.2) is 0 Å². The molecular formula is C10H20N2O2. The molecule has 0 bridgehead atoms. The standard InChI is InChI=1S/C10H20N2O2/c1-8(2)11-10(13)9(3)12-4-6-14-7-5-12/h8-9H,4-7H2,1-3H3,(H,11,13). The van der Waals surface area contributed by atoms with Gasteiger partial charge in [-0.15, -0.1) is 0 Å². The van der Waals surface area contributed by atoms with E-state index in [-0.39, 0.29) is 18.0 Å². The third-order valence-electron chi connectivity index (χ3n) is 2.40. The number of carbonyl (C=O) groups excluding carboxylic acids is 1. The van der Waals surface area contributed by atoms with Crippen molar-refractivity contribution in [2.24, 2.45) is 0 Å². The van der Waals surface area contributed by atoms with Crippen LogP contribution in [0.1, 0.15) is 20.8 Å². The van der Waals surface area contributed by atoms with Crippen molar-refractivity contribution in [3.8, 4) is 0 Å². The fraction of sp³-hybridized carbons (Fsp3) is 0.900. The Bertz CT molecular complexity index is 189. The summed E-state index contributed by atoms with van der Waals surface area (Å²) >= 11 is 0. The zero-order chi connectivity index (χ0) is 10.6. The van der Waals surface area contributed by atoms with Gasteiger partial charge in [0.1, 0.15) is 0 Å². The zero-order valence-electron chi connectivity index (χ0n) is 9.25. The monoisotopic (exact) mass is 200 g/mol. The fourth-order valence-electron chi connectivity index (χ4n) is 1.54. The zero-order valence-corrected chi connectivity index (χ0v) is 9.25. The summed E-state index contributed by atoms with van der Waals surface area (Å²) in [5.74, 6) is 0.113. The minimum absolute atomic E-state index is 0.0405. The predicted molar refractivity (Wildman–Crippen MR) is 55.1 cm³/mol. The normalized spacial score (nSPS) is 20.9. The Morgan fingerprint density at radius 1 is 1.29 bits per heavy atom. The van der Waals surface area contributed by atoms with E-state index in [1.54, 1.807) is 0 Å². The van der Waals surface area contributed by atoms with Crippen molar-refractivity contribution in [2.45, 2.75) is 32.9 Å². The van der Waals surface area contributed by atoms with E-state index in [0.29, 0.717) is 0 Å². The summed E-state index contributed by atoms with van der Waals surface area (Å²) in [4.78, 5) is 13.8. The molecule has 4 heteroatoms. The second-order valence-electron chi connectivity index (χ2n) is 3.99. The third kappa shape index (κ3) is 3.27. The summed E-state index contributed by atoms with van der Waals surface area (Å²) in [5, 5.41) is 2.92. The smallest absolute Gasteiger partial charge is 0.237 e. The summed E-state index contributed by atoms with van der Waals surface area (Å²) in [6.07, 6.45) is 0. The predicted octanol–water partition coefficient (Wildman–Crippen LogP) is 0.232. The summed E-state index contributed by atoms with van der Waals surface area (Å²) in [5.41, 5.74) is 0. The maximum Gasteiger partial charge on any atom is 0.237 e. The molecule has 1 fully saturated rings. The van der Waals surface area contributed by atoms with Crippen LogP contribution < -0.4 is 5.32 Å². The molecule has 0 saturated carbocycles. The molecule has 82 valence electrons. The van der Waals surface area contributed by atoms with Crippen molar-refractivity contribution in [3.63, 3.8) is 0 Å². The molecule has 1 aliphatic heterocycles. The van der Waals surface area contributed by atoms with E-state index in [4.69, 9.17) is 4.74 Å². The van der Waals surface area contributed by atoms with Crippen molar-refractivity contribution in [2.75, 3.05) is 26.3 Å². The van der Waals surface area contributed by atoms with Crippen molar-refractivity contribution in [1.29, 1.82) is 0 Å². The number of nitrogens with one attached hydrogen (secondary N) is 1. The Hall–Kier alpha value is -0.610. The molecule has 1 N–H and O–H groups in total. The Labute approximate surface area is 85.6 Å². The topological polar surface area (TPSA) is 41.6 Å². The van der Waals surface area contributed by atoms with Crippen LogP contribution in [0, 0.1) is 0 Å². The average molecular weight is 200 g/mol. The van der Waals surface area contributed by atoms with E-state index in [1.807, 2.05) is 20.8 Å². The van der Waals surface area contributed by atoms with Crippen LogP contribution >= 0.6 is 0 Å². The number of amides is 1. The van der Waals surface area contributed by atoms with Crippen LogP contribution in [0.15, 0.2) is 0 Å². The molecule has 0 aromatic rings. The van der Waals surface area contributed by atoms with Gasteiger partial charge in [-0.1, -0.05) is 0 Å². The van der Waals surface area contributed by atoms with Crippen molar-refractivity contribution in [1.82, 2.24) is 10.2 Å². The number of hydrogen-bond acceptors (Lipinski definition) is 3. The molecule has 1 rings (SSSR count). The van der Waals surface area contributed by atoms with Crippen LogP contribution in [-0.4, -0.2) is 49.2 Å². The van der Waals surface area contributed by atoms with Gasteiger partial charge >= 0.3 is 0 Å². The molecule has 0 spiro atoms. The lowest BCUT2D eigenvalue weighted by molar-refractivity contribution is -0.128. The molecule has 14 heavy (non-hydrogen) atoms. The highest BCUT2D eigenvalue weighted by Crippen LogP contribution is 2.03. The van der Waals surface area contributed by atoms with Crippen molar-refractivity contribution in [3.05, 3.63) is 0 Å². The van der Waals surface area contributed by atoms with Crippen LogP contribution in [0.2, 0.25) is 0 Å². The second kappa shape index (κ2) is 5.32. The summed E-state index contributed by atoms with van der Waals surface area (Å²) in [7, 11) is 0. The van der Waals surface area contributed by atoms with Gasteiger partial charge in [-0.2, -0.15) is 0 Å². The first-order chi connectivity index (χ1) is 6.61. The number of carbonyl (C=O) groups is 1. The Morgan fingerprint density at radius 2 is 1.86 bits per heavy atom. The number of ether oxygens (including phenoxy) is 1. The van der Waals surface area contributed by atoms with Crippen LogP contribution in [0.5, 0.6) is 0 Å². The van der Waals surface area contributed by atoms with Gasteiger partial charge in [0, 0.05) is 19.1 Å². The molecule has 0 aromatic carbocycles. The van der Waals surface area contributed by atoms with Crippen LogP contribution in [0.3, 0.4) is 0 Å². The minimum Gasteiger partial charge on any atom is -0.379 e. The molecule has 1 unspecified atom stereocenters. The minimum atomic E-state index is -0.0405. The molecular weight excluding hydrogens is 180 g/mol. The molecule has 1 aliphatic rings. The van der Waals surface area contributed by atoms with E-state index >= 15 is 0 Å². The third-order valence-corrected chi connectivity index (χ3v) is 2.40. The van der Waals surface area contributed by atoms with Gasteiger partial charge in [0.2, 0.25) is 5.91 Å². The van der Waals surface area contributed by atoms with Gasteiger partial charge in [-0.25, -0.2) is 0 Å². The number of rotatable bonds is 3. The fourth-order valence-corrected chi connectivity index (χ4v) is 1.54. The summed E-state index contributed by atoms with van der Waals surface area (Å²) in [6.45, 7) is 9.08. The first kappa shape index (κ1) is 11.5. The molecule has 1 saturated heterocycles. The first-order valence-electron chi connectivity index (χ1n) is 5.23. The van der Waals surface area contributed by atoms with Crippen molar-refractivity contribution >= 4 is 5.91 Å². The van der Waals surface area contributed by atoms with Gasteiger partial charge < -0.3 is 10.1 Å². The molecule has 4 nitrogen and oxygen atoms in total. The van der Waals surface area contributed by atoms with E-state index in [9.17, 15) is 4.79 Å². The Morgan fingerprint density at radius 3 is 2.36 bits per heavy atom. The molecule has 0 radical (unpaired) electrons. The van der Waals surface area contributed by atoms with Crippen molar-refractivity contribution < 1.29 is 9.53 Å². The highest BCUT2D eigenvalue weighted by molar-refractivity contribution is 5.81. The van der Waals surface area contributed by atoms with Crippen LogP contribution in [0.4, 0.5) is 0 Å². The SMILES string of the molecule is CC(C)NC(=O)C(C)N1CCOCC1. The van der Waals surface area contributed by atoms with E-state index in [1.165, 1.54) is 0 Å². The van der Waals surface area contributed by atoms with E-state index in [2.05, 4.69) is 10.2 Å². The first-order valence-corrected chi connectivity index (χ1v) is 5.23. The van der Waals surface area contributed by atoms with Gasteiger partial charge in [-0.3, -0.25) is 9.69 Å². The van der Waals surface area contributed by atoms with Crippen LogP contribution in [-0.2, 0) is 9.53 Å². The Kier molecular flexibility index (Phi) is 4.35. The largest absolute Gasteiger partial charge is 0.379 e. The van der Waals surface area contributed by atoms with E-state index < -0.39 is 0 Å². The molecule has 1 atom stereocenters. The molecule has 1 amide bonds. The summed E-state index contributed by atoms with van der Waals surface area (Å²) < 4.78 is 5.24. The second-order valence-corrected chi connectivity index (χ2v) is 3.99. The number of morpholine rings is 1. The molecule has 1 heterocycles. The lowest BCUT2D eigenvalue weighted by atomic mass is 10.2. The lowest BCUT2D eigenvalue weighted by Crippen LogP contribution is -2.50. The number of nitrogens with zero attached hydrogens (tertiary/aromatic N) is 1. The molecule has 0 aromatic heterocycles. The number of hydrogen-bond donors (Lipinski definition) is 1. The highest BCUT2D eigenvalue weighted by atomic mass is 16.5. The van der Waals surface area contributed by atoms with Crippen LogP contribution in [0.25, 0.3) is 0 Å². The Balaban J connectivity index is 2.38. The van der Waals surface area contributed by atoms with E-state index in [0.717, 1.165) is 26.3 Å².